The van der Waals surface area contributed by atoms with Crippen LogP contribution < -0.4 is 10.1 Å². The van der Waals surface area contributed by atoms with Gasteiger partial charge in [0.15, 0.2) is 5.78 Å². The first-order valence-corrected chi connectivity index (χ1v) is 10.0. The lowest BCUT2D eigenvalue weighted by Crippen LogP contribution is -2.46. The van der Waals surface area contributed by atoms with Crippen LogP contribution >= 0.6 is 11.3 Å². The molecule has 0 radical (unpaired) electrons. The van der Waals surface area contributed by atoms with Crippen molar-refractivity contribution in [1.82, 2.24) is 15.1 Å². The van der Waals surface area contributed by atoms with Gasteiger partial charge in [0.05, 0.1) is 12.0 Å². The Bertz CT molecular complexity index is 916. The number of anilines is 1. The Hall–Kier alpha value is -2.81. The highest BCUT2D eigenvalue weighted by atomic mass is 32.1. The first-order chi connectivity index (χ1) is 13.5. The van der Waals surface area contributed by atoms with Crippen LogP contribution in [0.1, 0.15) is 43.0 Å². The number of para-hydroxylation sites is 1. The highest BCUT2D eigenvalue weighted by Crippen LogP contribution is 2.39. The van der Waals surface area contributed by atoms with Gasteiger partial charge in [-0.1, -0.05) is 23.5 Å². The molecule has 2 amide bonds. The summed E-state index contributed by atoms with van der Waals surface area (Å²) in [6, 6.07) is 6.54. The molecule has 3 heterocycles. The molecule has 2 aliphatic rings. The molecule has 1 aromatic heterocycles. The highest BCUT2D eigenvalue weighted by molar-refractivity contribution is 7.13. The zero-order valence-electron chi connectivity index (χ0n) is 15.4. The summed E-state index contributed by atoms with van der Waals surface area (Å²) < 4.78 is 6.22. The SMILES string of the molecule is C[C@H](C(=O)Nc1nncs1)N1CC[C@@]2(CCC1=O)CC(=O)c1ccccc1O2. The van der Waals surface area contributed by atoms with Crippen molar-refractivity contribution in [3.63, 3.8) is 0 Å². The number of ether oxygens (including phenoxy) is 1. The average molecular weight is 400 g/mol. The van der Waals surface area contributed by atoms with Gasteiger partial charge >= 0.3 is 0 Å². The number of nitrogens with one attached hydrogen (secondary N) is 1. The van der Waals surface area contributed by atoms with Crippen molar-refractivity contribution in [2.24, 2.45) is 0 Å². The third kappa shape index (κ3) is 3.49. The molecular weight excluding hydrogens is 380 g/mol. The summed E-state index contributed by atoms with van der Waals surface area (Å²) >= 11 is 1.22. The molecule has 4 rings (SSSR count). The number of likely N-dealkylation sites (tertiary alicyclic amines) is 1. The molecule has 146 valence electrons. The third-order valence-corrected chi connectivity index (χ3v) is 5.96. The fraction of sp³-hybridized carbons (Fsp3) is 0.421. The maximum atomic E-state index is 12.7. The van der Waals surface area contributed by atoms with Crippen LogP contribution in [0.3, 0.4) is 0 Å². The molecule has 8 nitrogen and oxygen atoms in total. The first-order valence-electron chi connectivity index (χ1n) is 9.15. The maximum absolute atomic E-state index is 12.7. The minimum Gasteiger partial charge on any atom is -0.486 e. The smallest absolute Gasteiger partial charge is 0.248 e. The molecule has 2 aliphatic heterocycles. The van der Waals surface area contributed by atoms with Crippen LogP contribution in [0.5, 0.6) is 5.75 Å². The van der Waals surface area contributed by atoms with E-state index in [2.05, 4.69) is 15.5 Å². The summed E-state index contributed by atoms with van der Waals surface area (Å²) in [7, 11) is 0. The number of amides is 2. The quantitative estimate of drug-likeness (QED) is 0.848. The Balaban J connectivity index is 1.49. The third-order valence-electron chi connectivity index (χ3n) is 5.36. The van der Waals surface area contributed by atoms with Gasteiger partial charge in [0, 0.05) is 19.4 Å². The summed E-state index contributed by atoms with van der Waals surface area (Å²) in [5, 5.41) is 10.6. The Morgan fingerprint density at radius 3 is 2.93 bits per heavy atom. The van der Waals surface area contributed by atoms with Gasteiger partial charge in [0.25, 0.3) is 0 Å². The van der Waals surface area contributed by atoms with Gasteiger partial charge in [-0.25, -0.2) is 0 Å². The second-order valence-electron chi connectivity index (χ2n) is 7.13. The van der Waals surface area contributed by atoms with Gasteiger partial charge in [-0.15, -0.1) is 10.2 Å². The van der Waals surface area contributed by atoms with E-state index in [0.29, 0.717) is 35.8 Å². The zero-order chi connectivity index (χ0) is 19.7. The topological polar surface area (TPSA) is 101 Å². The number of rotatable bonds is 3. The lowest BCUT2D eigenvalue weighted by Gasteiger charge is -2.37. The fourth-order valence-electron chi connectivity index (χ4n) is 3.76. The predicted molar refractivity (Wildman–Crippen MR) is 102 cm³/mol. The van der Waals surface area contributed by atoms with Crippen LogP contribution in [0.2, 0.25) is 0 Å². The van der Waals surface area contributed by atoms with E-state index in [9.17, 15) is 14.4 Å². The number of fused-ring (bicyclic) bond motifs is 1. The predicted octanol–water partition coefficient (Wildman–Crippen LogP) is 2.28. The van der Waals surface area contributed by atoms with Crippen LogP contribution in [0, 0.1) is 0 Å². The minimum absolute atomic E-state index is 0.0322. The van der Waals surface area contributed by atoms with Crippen LogP contribution in [-0.2, 0) is 9.59 Å². The second-order valence-corrected chi connectivity index (χ2v) is 7.96. The summed E-state index contributed by atoms with van der Waals surface area (Å²) in [5.74, 6) is 0.172. The Morgan fingerprint density at radius 2 is 2.14 bits per heavy atom. The highest BCUT2D eigenvalue weighted by Gasteiger charge is 2.44. The largest absolute Gasteiger partial charge is 0.486 e. The number of hydrogen-bond donors (Lipinski definition) is 1. The van der Waals surface area contributed by atoms with E-state index in [4.69, 9.17) is 4.74 Å². The van der Waals surface area contributed by atoms with E-state index in [1.165, 1.54) is 16.8 Å². The Morgan fingerprint density at radius 1 is 1.32 bits per heavy atom. The molecule has 1 N–H and O–H groups in total. The molecule has 28 heavy (non-hydrogen) atoms. The molecule has 0 saturated carbocycles. The standard InChI is InChI=1S/C19H20N4O4S/c1-12(17(26)21-18-22-20-11-28-18)23-9-8-19(7-6-16(23)25)10-14(24)13-4-2-3-5-15(13)27-19/h2-5,11-12H,6-10H2,1H3,(H,21,22,26)/t12-,19+/m1/s1. The summed E-state index contributed by atoms with van der Waals surface area (Å²) in [4.78, 5) is 39.3. The van der Waals surface area contributed by atoms with Crippen molar-refractivity contribution in [3.8, 4) is 5.75 Å². The number of nitrogens with zero attached hydrogens (tertiary/aromatic N) is 3. The number of carbonyl (C=O) groups excluding carboxylic acids is 3. The van der Waals surface area contributed by atoms with Crippen molar-refractivity contribution in [2.75, 3.05) is 11.9 Å². The second kappa shape index (κ2) is 7.31. The molecule has 1 spiro atoms. The summed E-state index contributed by atoms with van der Waals surface area (Å²) in [5.41, 5.74) is 1.41. The van der Waals surface area contributed by atoms with Gasteiger partial charge < -0.3 is 9.64 Å². The van der Waals surface area contributed by atoms with Gasteiger partial charge in [-0.2, -0.15) is 0 Å². The molecule has 0 unspecified atom stereocenters. The zero-order valence-corrected chi connectivity index (χ0v) is 16.2. The van der Waals surface area contributed by atoms with E-state index in [0.717, 1.165) is 0 Å². The molecule has 1 fully saturated rings. The summed E-state index contributed by atoms with van der Waals surface area (Å²) in [6.45, 7) is 2.04. The van der Waals surface area contributed by atoms with Crippen LogP contribution in [0.15, 0.2) is 29.8 Å². The van der Waals surface area contributed by atoms with Crippen molar-refractivity contribution in [3.05, 3.63) is 35.3 Å². The van der Waals surface area contributed by atoms with Crippen LogP contribution in [0.25, 0.3) is 0 Å². The van der Waals surface area contributed by atoms with E-state index in [1.807, 2.05) is 12.1 Å². The number of hydrogen-bond acceptors (Lipinski definition) is 7. The number of carbonyl (C=O) groups is 3. The number of aromatic nitrogens is 2. The molecule has 0 bridgehead atoms. The first kappa shape index (κ1) is 18.5. The van der Waals surface area contributed by atoms with Crippen molar-refractivity contribution >= 4 is 34.1 Å². The lowest BCUT2D eigenvalue weighted by atomic mass is 9.84. The Labute approximate surface area is 165 Å². The summed E-state index contributed by atoms with van der Waals surface area (Å²) in [6.07, 6.45) is 1.42. The number of benzene rings is 1. The number of Topliss-reactive ketones (excluding diaryl/α,β-unsaturated/α-hetero) is 1. The molecular formula is C19H20N4O4S. The molecule has 9 heteroatoms. The van der Waals surface area contributed by atoms with Gasteiger partial charge in [-0.05, 0) is 25.5 Å². The maximum Gasteiger partial charge on any atom is 0.248 e. The Kier molecular flexibility index (Phi) is 4.84. The van der Waals surface area contributed by atoms with Crippen molar-refractivity contribution in [2.45, 2.75) is 44.2 Å². The van der Waals surface area contributed by atoms with E-state index in [1.54, 1.807) is 24.0 Å². The van der Waals surface area contributed by atoms with E-state index in [-0.39, 0.29) is 30.4 Å². The molecule has 1 aromatic carbocycles. The average Bonchev–Trinajstić information content (AvgIpc) is 3.14. The lowest BCUT2D eigenvalue weighted by molar-refractivity contribution is -0.137. The van der Waals surface area contributed by atoms with Crippen LogP contribution in [0.4, 0.5) is 5.13 Å². The molecule has 1 saturated heterocycles. The van der Waals surface area contributed by atoms with Gasteiger partial charge in [0.1, 0.15) is 22.9 Å². The van der Waals surface area contributed by atoms with E-state index >= 15 is 0 Å². The monoisotopic (exact) mass is 400 g/mol. The van der Waals surface area contributed by atoms with Crippen molar-refractivity contribution < 1.29 is 19.1 Å². The van der Waals surface area contributed by atoms with Gasteiger partial charge in [-0.3, -0.25) is 19.7 Å². The van der Waals surface area contributed by atoms with Gasteiger partial charge in [0.2, 0.25) is 16.9 Å². The fourth-order valence-corrected chi connectivity index (χ4v) is 4.21. The van der Waals surface area contributed by atoms with Crippen LogP contribution in [-0.4, -0.2) is 50.9 Å². The van der Waals surface area contributed by atoms with Crippen molar-refractivity contribution in [1.29, 1.82) is 0 Å². The normalized spacial score (nSPS) is 23.0. The molecule has 2 aromatic rings. The minimum atomic E-state index is -0.703. The molecule has 0 aliphatic carbocycles. The molecule has 2 atom stereocenters. The number of ketones is 1. The van der Waals surface area contributed by atoms with E-state index < -0.39 is 11.6 Å².